The molecule has 0 bridgehead atoms. The van der Waals surface area contributed by atoms with Crippen LogP contribution in [0.1, 0.15) is 36.0 Å². The first-order valence-corrected chi connectivity index (χ1v) is 14.2. The number of nitrogens with one attached hydrogen (secondary N) is 1. The first kappa shape index (κ1) is 28.3. The van der Waals surface area contributed by atoms with Crippen LogP contribution in [0.15, 0.2) is 49.2 Å². The second-order valence-corrected chi connectivity index (χ2v) is 11.8. The van der Waals surface area contributed by atoms with Crippen LogP contribution >= 0.6 is 0 Å². The van der Waals surface area contributed by atoms with E-state index in [1.165, 1.54) is 18.5 Å². The van der Waals surface area contributed by atoms with Gasteiger partial charge < -0.3 is 9.88 Å². The maximum Gasteiger partial charge on any atom is 0.416 e. The monoisotopic (exact) mass is 577 g/mol. The summed E-state index contributed by atoms with van der Waals surface area (Å²) in [6.07, 6.45) is 4.82. The first-order valence-electron chi connectivity index (χ1n) is 14.2. The number of H-pyrrole nitrogens is 1. The third-order valence-electron chi connectivity index (χ3n) is 8.54. The topological polar surface area (TPSA) is 92.9 Å². The standard InChI is InChI=1S/C30H34F3N9/c1-39(2)17-21-11-22(13-24(12-21)30(31,32)33)18-40-7-9-41(10-8-40)25-14-29(15-25,4-5-34)42-19-23(16-38-42)27-26-3-6-35-28(26)37-20-36-27/h3,6,11-13,16,19-20,25H,4,7-10,14-15,17-18H2,1-2H3,(H,35,36,37)/t25-,29+. The largest absolute Gasteiger partial charge is 0.416 e. The number of halogens is 3. The molecule has 0 amide bonds. The van der Waals surface area contributed by atoms with Crippen molar-refractivity contribution in [3.8, 4) is 17.3 Å². The summed E-state index contributed by atoms with van der Waals surface area (Å²) in [5.74, 6) is 0. The quantitative estimate of drug-likeness (QED) is 0.330. The molecular formula is C30H34F3N9. The van der Waals surface area contributed by atoms with Gasteiger partial charge in [-0.1, -0.05) is 6.07 Å². The van der Waals surface area contributed by atoms with Crippen LogP contribution in [0.2, 0.25) is 0 Å². The molecular weight excluding hydrogens is 543 g/mol. The molecule has 4 aromatic rings. The van der Waals surface area contributed by atoms with Crippen molar-refractivity contribution < 1.29 is 13.2 Å². The fourth-order valence-electron chi connectivity index (χ4n) is 6.46. The van der Waals surface area contributed by atoms with Crippen LogP contribution < -0.4 is 0 Å². The average molecular weight is 578 g/mol. The van der Waals surface area contributed by atoms with Gasteiger partial charge >= 0.3 is 6.18 Å². The Morgan fingerprint density at radius 2 is 1.86 bits per heavy atom. The van der Waals surface area contributed by atoms with Gasteiger partial charge in [0.05, 0.1) is 35.5 Å². The van der Waals surface area contributed by atoms with Gasteiger partial charge in [-0.2, -0.15) is 23.5 Å². The highest BCUT2D eigenvalue weighted by molar-refractivity contribution is 5.90. The molecule has 2 fully saturated rings. The lowest BCUT2D eigenvalue weighted by molar-refractivity contribution is -0.137. The molecule has 1 aliphatic heterocycles. The highest BCUT2D eigenvalue weighted by Gasteiger charge is 2.49. The second-order valence-electron chi connectivity index (χ2n) is 11.8. The van der Waals surface area contributed by atoms with Crippen LogP contribution in [0.4, 0.5) is 13.2 Å². The number of nitrogens with zero attached hydrogens (tertiary/aromatic N) is 8. The summed E-state index contributed by atoms with van der Waals surface area (Å²) in [4.78, 5) is 18.4. The smallest absolute Gasteiger partial charge is 0.346 e. The first-order chi connectivity index (χ1) is 20.1. The molecule has 2 aliphatic rings. The van der Waals surface area contributed by atoms with Gasteiger partial charge in [-0.05, 0) is 56.3 Å². The fraction of sp³-hybridized carbons (Fsp3) is 0.467. The van der Waals surface area contributed by atoms with E-state index in [1.54, 1.807) is 6.20 Å². The van der Waals surface area contributed by atoms with E-state index in [9.17, 15) is 18.4 Å². The summed E-state index contributed by atoms with van der Waals surface area (Å²) in [5, 5.41) is 15.3. The van der Waals surface area contributed by atoms with Crippen LogP contribution in [0.25, 0.3) is 22.3 Å². The van der Waals surface area contributed by atoms with Crippen molar-refractivity contribution in [1.82, 2.24) is 39.4 Å². The van der Waals surface area contributed by atoms with Crippen molar-refractivity contribution in [2.45, 2.75) is 50.1 Å². The maximum atomic E-state index is 13.6. The van der Waals surface area contributed by atoms with E-state index in [0.29, 0.717) is 36.7 Å². The minimum Gasteiger partial charge on any atom is -0.346 e. The van der Waals surface area contributed by atoms with Crippen LogP contribution in [0.3, 0.4) is 0 Å². The molecule has 1 N–H and O–H groups in total. The second kappa shape index (κ2) is 11.1. The van der Waals surface area contributed by atoms with Gasteiger partial charge in [-0.3, -0.25) is 14.5 Å². The molecule has 1 saturated carbocycles. The van der Waals surface area contributed by atoms with Crippen LogP contribution in [-0.4, -0.2) is 85.7 Å². The fourth-order valence-corrected chi connectivity index (χ4v) is 6.46. The molecule has 0 radical (unpaired) electrons. The molecule has 6 rings (SSSR count). The molecule has 9 nitrogen and oxygen atoms in total. The number of hydrogen-bond donors (Lipinski definition) is 1. The summed E-state index contributed by atoms with van der Waals surface area (Å²) in [5.41, 5.74) is 2.88. The predicted molar refractivity (Wildman–Crippen MR) is 152 cm³/mol. The van der Waals surface area contributed by atoms with Crippen molar-refractivity contribution >= 4 is 11.0 Å². The molecule has 220 valence electrons. The van der Waals surface area contributed by atoms with Gasteiger partial charge in [0.25, 0.3) is 0 Å². The molecule has 0 unspecified atom stereocenters. The third kappa shape index (κ3) is 5.64. The lowest BCUT2D eigenvalue weighted by atomic mass is 9.70. The highest BCUT2D eigenvalue weighted by atomic mass is 19.4. The van der Waals surface area contributed by atoms with Crippen molar-refractivity contribution in [1.29, 1.82) is 5.26 Å². The van der Waals surface area contributed by atoms with Crippen LogP contribution in [-0.2, 0) is 24.8 Å². The molecule has 0 spiro atoms. The number of benzene rings is 1. The van der Waals surface area contributed by atoms with E-state index >= 15 is 0 Å². The minimum atomic E-state index is -4.37. The zero-order chi connectivity index (χ0) is 29.5. The zero-order valence-electron chi connectivity index (χ0n) is 23.8. The van der Waals surface area contributed by atoms with Gasteiger partial charge in [-0.15, -0.1) is 0 Å². The van der Waals surface area contributed by atoms with Crippen molar-refractivity contribution in [2.75, 3.05) is 40.3 Å². The van der Waals surface area contributed by atoms with Crippen molar-refractivity contribution in [2.24, 2.45) is 0 Å². The van der Waals surface area contributed by atoms with Crippen LogP contribution in [0, 0.1) is 11.3 Å². The number of piperazine rings is 1. The Labute approximate surface area is 242 Å². The summed E-state index contributed by atoms with van der Waals surface area (Å²) in [6, 6.07) is 9.09. The van der Waals surface area contributed by atoms with E-state index in [1.807, 2.05) is 48.2 Å². The van der Waals surface area contributed by atoms with Crippen molar-refractivity contribution in [3.63, 3.8) is 0 Å². The number of fused-ring (bicyclic) bond motifs is 1. The van der Waals surface area contributed by atoms with Crippen molar-refractivity contribution in [3.05, 3.63) is 65.9 Å². The Morgan fingerprint density at radius 1 is 1.10 bits per heavy atom. The predicted octanol–water partition coefficient (Wildman–Crippen LogP) is 4.49. The summed E-state index contributed by atoms with van der Waals surface area (Å²) >= 11 is 0. The lowest BCUT2D eigenvalue weighted by Crippen LogP contribution is -2.60. The SMILES string of the molecule is CN(C)Cc1cc(CN2CCN([C@H]3C[C@@](CC#N)(n4cc(-c5ncnc6[nH]ccc56)cn4)C3)CC2)cc(C(F)(F)F)c1. The van der Waals surface area contributed by atoms with Crippen LogP contribution in [0.5, 0.6) is 0 Å². The van der Waals surface area contributed by atoms with E-state index in [0.717, 1.165) is 61.3 Å². The Balaban J connectivity index is 1.09. The number of alkyl halides is 3. The van der Waals surface area contributed by atoms with E-state index < -0.39 is 11.7 Å². The molecule has 1 aliphatic carbocycles. The third-order valence-corrected chi connectivity index (χ3v) is 8.54. The van der Waals surface area contributed by atoms with E-state index in [4.69, 9.17) is 0 Å². The molecule has 3 aromatic heterocycles. The average Bonchev–Trinajstić information content (AvgIpc) is 3.60. The molecule has 1 saturated heterocycles. The Kier molecular flexibility index (Phi) is 7.51. The summed E-state index contributed by atoms with van der Waals surface area (Å²) < 4.78 is 42.6. The molecule has 1 aromatic carbocycles. The van der Waals surface area contributed by atoms with Gasteiger partial charge in [0.15, 0.2) is 0 Å². The van der Waals surface area contributed by atoms with E-state index in [2.05, 4.69) is 35.9 Å². The highest BCUT2D eigenvalue weighted by Crippen LogP contribution is 2.45. The zero-order valence-corrected chi connectivity index (χ0v) is 23.8. The maximum absolute atomic E-state index is 13.6. The molecule has 42 heavy (non-hydrogen) atoms. The van der Waals surface area contributed by atoms with Gasteiger partial charge in [-0.25, -0.2) is 9.97 Å². The van der Waals surface area contributed by atoms with Gasteiger partial charge in [0.1, 0.15) is 12.0 Å². The number of aromatic nitrogens is 5. The molecule has 12 heteroatoms. The Hall–Kier alpha value is -3.79. The normalized spacial score (nSPS) is 22.0. The summed E-state index contributed by atoms with van der Waals surface area (Å²) in [6.45, 7) is 4.21. The molecule has 0 atom stereocenters. The Bertz CT molecular complexity index is 1590. The van der Waals surface area contributed by atoms with Gasteiger partial charge in [0.2, 0.25) is 0 Å². The van der Waals surface area contributed by atoms with Gasteiger partial charge in [0, 0.05) is 68.7 Å². The van der Waals surface area contributed by atoms with E-state index in [-0.39, 0.29) is 5.54 Å². The lowest BCUT2D eigenvalue weighted by Gasteiger charge is -2.52. The summed E-state index contributed by atoms with van der Waals surface area (Å²) in [7, 11) is 3.71. The molecule has 4 heterocycles. The number of rotatable bonds is 8. The Morgan fingerprint density at radius 3 is 2.57 bits per heavy atom. The minimum absolute atomic E-state index is 0.337. The number of aromatic amines is 1. The number of nitriles is 1. The number of hydrogen-bond acceptors (Lipinski definition) is 7.